The molecule has 0 bridgehead atoms. The second-order valence-corrected chi connectivity index (χ2v) is 7.24. The molecule has 2 aromatic carbocycles. The van der Waals surface area contributed by atoms with Crippen molar-refractivity contribution in [2.75, 3.05) is 6.54 Å². The maximum absolute atomic E-state index is 12.8. The van der Waals surface area contributed by atoms with Crippen molar-refractivity contribution in [3.05, 3.63) is 71.8 Å². The molecule has 2 aromatic rings. The lowest BCUT2D eigenvalue weighted by Gasteiger charge is -2.27. The molecule has 0 heterocycles. The van der Waals surface area contributed by atoms with E-state index in [1.807, 2.05) is 48.5 Å². The molecule has 1 aliphatic rings. The Hall–Kier alpha value is -2.55. The van der Waals surface area contributed by atoms with Crippen LogP contribution < -0.4 is 0 Å². The maximum Gasteiger partial charge on any atom is 0.149 e. The van der Waals surface area contributed by atoms with Gasteiger partial charge in [-0.3, -0.25) is 14.6 Å². The fourth-order valence-corrected chi connectivity index (χ4v) is 3.85. The Bertz CT molecular complexity index is 778. The summed E-state index contributed by atoms with van der Waals surface area (Å²) < 4.78 is 0. The van der Waals surface area contributed by atoms with Crippen LogP contribution in [0, 0.1) is 5.92 Å². The lowest BCUT2D eigenvalue weighted by Crippen LogP contribution is -2.38. The zero-order valence-electron chi connectivity index (χ0n) is 15.9. The predicted molar refractivity (Wildman–Crippen MR) is 109 cm³/mol. The minimum atomic E-state index is -0.624. The molecule has 3 nitrogen and oxygen atoms in total. The maximum atomic E-state index is 12.8. The largest absolute Gasteiger partial charge is 0.298 e. The third-order valence-corrected chi connectivity index (χ3v) is 5.21. The molecule has 1 saturated carbocycles. The van der Waals surface area contributed by atoms with Crippen LogP contribution in [-0.4, -0.2) is 23.8 Å². The van der Waals surface area contributed by atoms with Crippen LogP contribution in [0.1, 0.15) is 49.7 Å². The number of ketones is 2. The summed E-state index contributed by atoms with van der Waals surface area (Å²) in [5.41, 5.74) is 3.09. The summed E-state index contributed by atoms with van der Waals surface area (Å²) in [4.78, 5) is 30.4. The number of rotatable bonds is 7. The second kappa shape index (κ2) is 9.40. The summed E-state index contributed by atoms with van der Waals surface area (Å²) in [6.07, 6.45) is 3.30. The van der Waals surface area contributed by atoms with Gasteiger partial charge in [0.2, 0.25) is 0 Å². The van der Waals surface area contributed by atoms with Crippen molar-refractivity contribution < 1.29 is 9.59 Å². The zero-order chi connectivity index (χ0) is 19.1. The van der Waals surface area contributed by atoms with Gasteiger partial charge in [0.15, 0.2) is 0 Å². The zero-order valence-corrected chi connectivity index (χ0v) is 15.9. The van der Waals surface area contributed by atoms with Crippen LogP contribution in [0.15, 0.2) is 65.7 Å². The number of carbonyl (C=O) groups is 2. The standard InChI is InChI=1S/C24H27NO2/c1-2-9-21(25-15-14-18-10-5-3-6-11-18)24-22(26)16-20(17-23(24)27)19-12-7-4-8-13-19/h3-8,10-13,20,24H,2,9,14-17H2,1H3. The van der Waals surface area contributed by atoms with Crippen molar-refractivity contribution in [3.63, 3.8) is 0 Å². The van der Waals surface area contributed by atoms with Crippen LogP contribution in [0.3, 0.4) is 0 Å². The van der Waals surface area contributed by atoms with Crippen LogP contribution in [0.2, 0.25) is 0 Å². The van der Waals surface area contributed by atoms with Gasteiger partial charge in [-0.2, -0.15) is 0 Å². The molecule has 3 heteroatoms. The van der Waals surface area contributed by atoms with Crippen LogP contribution in [0.4, 0.5) is 0 Å². The van der Waals surface area contributed by atoms with E-state index < -0.39 is 5.92 Å². The third kappa shape index (κ3) is 5.00. The highest BCUT2D eigenvalue weighted by molar-refractivity contribution is 6.22. The molecule has 140 valence electrons. The predicted octanol–water partition coefficient (Wildman–Crippen LogP) is 4.80. The van der Waals surface area contributed by atoms with Crippen molar-refractivity contribution >= 4 is 17.3 Å². The Morgan fingerprint density at radius 2 is 1.52 bits per heavy atom. The van der Waals surface area contributed by atoms with E-state index in [1.54, 1.807) is 0 Å². The molecule has 0 amide bonds. The van der Waals surface area contributed by atoms with Crippen LogP contribution in [0.5, 0.6) is 0 Å². The lowest BCUT2D eigenvalue weighted by molar-refractivity contribution is -0.133. The van der Waals surface area contributed by atoms with Gasteiger partial charge in [0.05, 0.1) is 0 Å². The van der Waals surface area contributed by atoms with Gasteiger partial charge in [-0.25, -0.2) is 0 Å². The summed E-state index contributed by atoms with van der Waals surface area (Å²) in [7, 11) is 0. The van der Waals surface area contributed by atoms with E-state index in [2.05, 4.69) is 19.1 Å². The van der Waals surface area contributed by atoms with E-state index in [4.69, 9.17) is 4.99 Å². The Labute approximate surface area is 161 Å². The summed E-state index contributed by atoms with van der Waals surface area (Å²) in [5, 5.41) is 0. The van der Waals surface area contributed by atoms with Gasteiger partial charge in [-0.15, -0.1) is 0 Å². The Kier molecular flexibility index (Phi) is 6.69. The molecular weight excluding hydrogens is 334 g/mol. The lowest BCUT2D eigenvalue weighted by atomic mass is 9.74. The number of benzene rings is 2. The van der Waals surface area contributed by atoms with Crippen LogP contribution in [-0.2, 0) is 16.0 Å². The normalized spacial score (nSPS) is 20.7. The van der Waals surface area contributed by atoms with Crippen LogP contribution >= 0.6 is 0 Å². The quantitative estimate of drug-likeness (QED) is 0.525. The highest BCUT2D eigenvalue weighted by Gasteiger charge is 2.38. The first-order chi connectivity index (χ1) is 13.2. The Morgan fingerprint density at radius 3 is 2.11 bits per heavy atom. The van der Waals surface area contributed by atoms with E-state index in [9.17, 15) is 9.59 Å². The highest BCUT2D eigenvalue weighted by Crippen LogP contribution is 2.33. The van der Waals surface area contributed by atoms with E-state index in [0.29, 0.717) is 25.8 Å². The molecule has 0 aromatic heterocycles. The molecule has 1 aliphatic carbocycles. The summed E-state index contributed by atoms with van der Waals surface area (Å²) in [6, 6.07) is 20.1. The first kappa shape index (κ1) is 19.2. The number of carbonyl (C=O) groups excluding carboxylic acids is 2. The van der Waals surface area contributed by atoms with Crippen molar-refractivity contribution in [3.8, 4) is 0 Å². The van der Waals surface area contributed by atoms with Crippen molar-refractivity contribution in [1.29, 1.82) is 0 Å². The molecule has 0 radical (unpaired) electrons. The number of aliphatic imine (C=N–C) groups is 1. The molecule has 0 saturated heterocycles. The van der Waals surface area contributed by atoms with Gasteiger partial charge in [0.1, 0.15) is 17.5 Å². The van der Waals surface area contributed by atoms with Gasteiger partial charge >= 0.3 is 0 Å². The minimum Gasteiger partial charge on any atom is -0.298 e. The molecule has 0 atom stereocenters. The topological polar surface area (TPSA) is 46.5 Å². The number of hydrogen-bond acceptors (Lipinski definition) is 3. The number of hydrogen-bond donors (Lipinski definition) is 0. The Morgan fingerprint density at radius 1 is 0.926 bits per heavy atom. The van der Waals surface area contributed by atoms with Gasteiger partial charge in [0.25, 0.3) is 0 Å². The van der Waals surface area contributed by atoms with Crippen LogP contribution in [0.25, 0.3) is 0 Å². The Balaban J connectivity index is 1.70. The van der Waals surface area contributed by atoms with Crippen molar-refractivity contribution in [2.24, 2.45) is 10.9 Å². The average Bonchev–Trinajstić information content (AvgIpc) is 2.69. The molecular formula is C24H27NO2. The van der Waals surface area contributed by atoms with Crippen molar-refractivity contribution in [2.45, 2.75) is 44.9 Å². The van der Waals surface area contributed by atoms with E-state index in [-0.39, 0.29) is 17.5 Å². The fraction of sp³-hybridized carbons (Fsp3) is 0.375. The van der Waals surface area contributed by atoms with Gasteiger partial charge in [-0.05, 0) is 29.9 Å². The molecule has 3 rings (SSSR count). The van der Waals surface area contributed by atoms with Gasteiger partial charge in [0, 0.05) is 25.1 Å². The molecule has 0 unspecified atom stereocenters. The van der Waals surface area contributed by atoms with Gasteiger partial charge in [-0.1, -0.05) is 74.0 Å². The monoisotopic (exact) mass is 361 g/mol. The SMILES string of the molecule is CCCC(=NCCc1ccccc1)C1C(=O)CC(c2ccccc2)CC1=O. The smallest absolute Gasteiger partial charge is 0.149 e. The fourth-order valence-electron chi connectivity index (χ4n) is 3.85. The molecule has 1 fully saturated rings. The third-order valence-electron chi connectivity index (χ3n) is 5.21. The van der Waals surface area contributed by atoms with Gasteiger partial charge < -0.3 is 0 Å². The summed E-state index contributed by atoms with van der Waals surface area (Å²) >= 11 is 0. The first-order valence-corrected chi connectivity index (χ1v) is 9.86. The first-order valence-electron chi connectivity index (χ1n) is 9.86. The molecule has 0 aliphatic heterocycles. The van der Waals surface area contributed by atoms with E-state index >= 15 is 0 Å². The number of Topliss-reactive ketones (excluding diaryl/α,β-unsaturated/α-hetero) is 2. The van der Waals surface area contributed by atoms with Crippen molar-refractivity contribution in [1.82, 2.24) is 0 Å². The van der Waals surface area contributed by atoms with E-state index in [1.165, 1.54) is 5.56 Å². The summed E-state index contributed by atoms with van der Waals surface area (Å²) in [6.45, 7) is 2.69. The number of nitrogens with zero attached hydrogens (tertiary/aromatic N) is 1. The average molecular weight is 361 g/mol. The molecule has 27 heavy (non-hydrogen) atoms. The minimum absolute atomic E-state index is 0.00893. The molecule has 0 spiro atoms. The molecule has 0 N–H and O–H groups in total. The summed E-state index contributed by atoms with van der Waals surface area (Å²) in [5.74, 6) is -0.547. The second-order valence-electron chi connectivity index (χ2n) is 7.24. The van der Waals surface area contributed by atoms with E-state index in [0.717, 1.165) is 24.1 Å². The highest BCUT2D eigenvalue weighted by atomic mass is 16.2.